The van der Waals surface area contributed by atoms with Crippen molar-refractivity contribution in [2.24, 2.45) is 5.73 Å². The van der Waals surface area contributed by atoms with Gasteiger partial charge < -0.3 is 10.5 Å². The van der Waals surface area contributed by atoms with Crippen molar-refractivity contribution in [1.82, 2.24) is 4.72 Å². The van der Waals surface area contributed by atoms with Gasteiger partial charge in [-0.25, -0.2) is 13.1 Å². The second-order valence-corrected chi connectivity index (χ2v) is 9.71. The van der Waals surface area contributed by atoms with Gasteiger partial charge in [0, 0.05) is 18.5 Å². The zero-order valence-corrected chi connectivity index (χ0v) is 19.1. The van der Waals surface area contributed by atoms with Gasteiger partial charge in [0.2, 0.25) is 10.0 Å². The van der Waals surface area contributed by atoms with E-state index in [0.29, 0.717) is 5.75 Å². The van der Waals surface area contributed by atoms with E-state index in [1.54, 1.807) is 0 Å². The number of fused-ring (bicyclic) bond motifs is 1. The number of ether oxygens (including phenoxy) is 1. The number of alkyl halides is 3. The number of hydrogen-bond acceptors (Lipinski definition) is 4. The molecule has 0 amide bonds. The van der Waals surface area contributed by atoms with Crippen molar-refractivity contribution >= 4 is 22.4 Å². The molecule has 0 spiro atoms. The Labute approximate surface area is 193 Å². The molecule has 0 aliphatic heterocycles. The molecule has 10 heteroatoms. The molecule has 0 fully saturated rings. The van der Waals surface area contributed by atoms with E-state index < -0.39 is 28.4 Å². The summed E-state index contributed by atoms with van der Waals surface area (Å²) in [6, 6.07) is 15.9. The Bertz CT molecular complexity index is 972. The van der Waals surface area contributed by atoms with Gasteiger partial charge in [0.15, 0.2) is 0 Å². The van der Waals surface area contributed by atoms with Gasteiger partial charge in [-0.15, -0.1) is 12.4 Å². The molecular formula is C22H28ClF3N2O3S. The summed E-state index contributed by atoms with van der Waals surface area (Å²) < 4.78 is 67.7. The van der Waals surface area contributed by atoms with Crippen molar-refractivity contribution in [3.05, 3.63) is 65.2 Å². The fourth-order valence-corrected chi connectivity index (χ4v) is 4.85. The van der Waals surface area contributed by atoms with E-state index >= 15 is 0 Å². The molecule has 2 atom stereocenters. The second kappa shape index (κ2) is 11.4. The lowest BCUT2D eigenvalue weighted by atomic mass is 9.76. The standard InChI is InChI=1S/C22H27F3N2O3S.ClH/c23-22(24,25)10-13-31(28,29)27-11-12-30-18-8-6-17-7-9-21(26)20(19(17)15-18)14-16-4-2-1-3-5-16;/h1-6,8,15,20-21,27H,7,9-14,26H2;1H. The maximum atomic E-state index is 12.2. The minimum absolute atomic E-state index is 0. The van der Waals surface area contributed by atoms with Crippen LogP contribution in [0.2, 0.25) is 0 Å². The molecule has 1 aliphatic rings. The topological polar surface area (TPSA) is 81.4 Å². The fourth-order valence-electron chi connectivity index (χ4n) is 3.81. The SMILES string of the molecule is Cl.NC1CCc2ccc(OCCNS(=O)(=O)CCC(F)(F)F)cc2C1Cc1ccccc1. The van der Waals surface area contributed by atoms with Crippen LogP contribution in [-0.4, -0.2) is 39.5 Å². The molecule has 2 aromatic rings. The first-order chi connectivity index (χ1) is 14.6. The lowest BCUT2D eigenvalue weighted by Gasteiger charge is -2.32. The Kier molecular flexibility index (Phi) is 9.39. The monoisotopic (exact) mass is 492 g/mol. The van der Waals surface area contributed by atoms with Crippen LogP contribution >= 0.6 is 12.4 Å². The van der Waals surface area contributed by atoms with Crippen molar-refractivity contribution in [1.29, 1.82) is 0 Å². The molecule has 2 unspecified atom stereocenters. The smallest absolute Gasteiger partial charge is 0.390 e. The third-order valence-electron chi connectivity index (χ3n) is 5.43. The summed E-state index contributed by atoms with van der Waals surface area (Å²) >= 11 is 0. The van der Waals surface area contributed by atoms with Crippen LogP contribution in [0.3, 0.4) is 0 Å². The summed E-state index contributed by atoms with van der Waals surface area (Å²) in [6.45, 7) is -0.0936. The average molecular weight is 493 g/mol. The summed E-state index contributed by atoms with van der Waals surface area (Å²) in [7, 11) is -4.00. The second-order valence-electron chi connectivity index (χ2n) is 7.79. The average Bonchev–Trinajstić information content (AvgIpc) is 2.72. The highest BCUT2D eigenvalue weighted by atomic mass is 35.5. The Hall–Kier alpha value is -1.81. The van der Waals surface area contributed by atoms with E-state index in [2.05, 4.69) is 16.9 Å². The molecule has 0 aromatic heterocycles. The van der Waals surface area contributed by atoms with Gasteiger partial charge in [-0.2, -0.15) is 13.2 Å². The third-order valence-corrected chi connectivity index (χ3v) is 6.81. The molecular weight excluding hydrogens is 465 g/mol. The number of aryl methyl sites for hydroxylation is 1. The predicted molar refractivity (Wildman–Crippen MR) is 121 cm³/mol. The van der Waals surface area contributed by atoms with Gasteiger partial charge in [-0.3, -0.25) is 0 Å². The number of nitrogens with one attached hydrogen (secondary N) is 1. The molecule has 0 radical (unpaired) electrons. The number of rotatable bonds is 9. The van der Waals surface area contributed by atoms with Gasteiger partial charge in [-0.1, -0.05) is 36.4 Å². The van der Waals surface area contributed by atoms with Crippen molar-refractivity contribution < 1.29 is 26.3 Å². The third kappa shape index (κ3) is 7.95. The lowest BCUT2D eigenvalue weighted by Crippen LogP contribution is -2.34. The molecule has 32 heavy (non-hydrogen) atoms. The van der Waals surface area contributed by atoms with Crippen LogP contribution in [-0.2, 0) is 22.9 Å². The summed E-state index contributed by atoms with van der Waals surface area (Å²) in [4.78, 5) is 0. The highest BCUT2D eigenvalue weighted by Gasteiger charge is 2.30. The van der Waals surface area contributed by atoms with E-state index in [0.717, 1.165) is 24.8 Å². The zero-order chi connectivity index (χ0) is 22.5. The first-order valence-corrected chi connectivity index (χ1v) is 11.9. The lowest BCUT2D eigenvalue weighted by molar-refractivity contribution is -0.129. The van der Waals surface area contributed by atoms with Crippen LogP contribution < -0.4 is 15.2 Å². The molecule has 3 rings (SSSR count). The number of sulfonamides is 1. The molecule has 0 saturated heterocycles. The normalized spacial score (nSPS) is 18.5. The minimum Gasteiger partial charge on any atom is -0.492 e. The molecule has 178 valence electrons. The largest absolute Gasteiger partial charge is 0.492 e. The summed E-state index contributed by atoms with van der Waals surface area (Å²) in [5.41, 5.74) is 9.98. The summed E-state index contributed by atoms with van der Waals surface area (Å²) in [6.07, 6.45) is -3.27. The first kappa shape index (κ1) is 26.4. The van der Waals surface area contributed by atoms with Gasteiger partial charge in [0.05, 0.1) is 12.2 Å². The predicted octanol–water partition coefficient (Wildman–Crippen LogP) is 3.96. The Morgan fingerprint density at radius 2 is 1.84 bits per heavy atom. The highest BCUT2D eigenvalue weighted by molar-refractivity contribution is 7.89. The number of halogens is 4. The summed E-state index contributed by atoms with van der Waals surface area (Å²) in [5.74, 6) is -0.259. The van der Waals surface area contributed by atoms with Crippen molar-refractivity contribution in [3.8, 4) is 5.75 Å². The van der Waals surface area contributed by atoms with Gasteiger partial charge in [-0.05, 0) is 48.1 Å². The highest BCUT2D eigenvalue weighted by Crippen LogP contribution is 2.35. The van der Waals surface area contributed by atoms with Crippen LogP contribution in [0.1, 0.15) is 35.4 Å². The van der Waals surface area contributed by atoms with E-state index in [-0.39, 0.29) is 37.5 Å². The van der Waals surface area contributed by atoms with Crippen molar-refractivity contribution in [3.63, 3.8) is 0 Å². The summed E-state index contributed by atoms with van der Waals surface area (Å²) in [5, 5.41) is 0. The molecule has 0 saturated carbocycles. The molecule has 0 bridgehead atoms. The van der Waals surface area contributed by atoms with Gasteiger partial charge >= 0.3 is 6.18 Å². The van der Waals surface area contributed by atoms with Crippen LogP contribution in [0.4, 0.5) is 13.2 Å². The molecule has 3 N–H and O–H groups in total. The van der Waals surface area contributed by atoms with E-state index in [1.807, 2.05) is 36.4 Å². The first-order valence-electron chi connectivity index (χ1n) is 10.2. The number of nitrogens with two attached hydrogens (primary N) is 1. The zero-order valence-electron chi connectivity index (χ0n) is 17.5. The van der Waals surface area contributed by atoms with Crippen LogP contribution in [0.15, 0.2) is 48.5 Å². The molecule has 5 nitrogen and oxygen atoms in total. The fraction of sp³-hybridized carbons (Fsp3) is 0.455. The van der Waals surface area contributed by atoms with E-state index in [4.69, 9.17) is 10.5 Å². The van der Waals surface area contributed by atoms with Crippen LogP contribution in [0.5, 0.6) is 5.75 Å². The maximum Gasteiger partial charge on any atom is 0.390 e. The van der Waals surface area contributed by atoms with Gasteiger partial charge in [0.25, 0.3) is 0 Å². The molecule has 0 heterocycles. The Balaban J connectivity index is 0.00000363. The van der Waals surface area contributed by atoms with E-state index in [9.17, 15) is 21.6 Å². The molecule has 1 aliphatic carbocycles. The quantitative estimate of drug-likeness (QED) is 0.519. The Morgan fingerprint density at radius 1 is 1.12 bits per heavy atom. The number of hydrogen-bond donors (Lipinski definition) is 2. The van der Waals surface area contributed by atoms with Crippen LogP contribution in [0, 0.1) is 0 Å². The van der Waals surface area contributed by atoms with Crippen LogP contribution in [0.25, 0.3) is 0 Å². The Morgan fingerprint density at radius 3 is 2.53 bits per heavy atom. The number of benzene rings is 2. The van der Waals surface area contributed by atoms with Gasteiger partial charge in [0.1, 0.15) is 12.4 Å². The van der Waals surface area contributed by atoms with Crippen molar-refractivity contribution in [2.75, 3.05) is 18.9 Å². The van der Waals surface area contributed by atoms with Crippen molar-refractivity contribution in [2.45, 2.75) is 43.8 Å². The molecule has 2 aromatic carbocycles. The minimum atomic E-state index is -4.51. The van der Waals surface area contributed by atoms with E-state index in [1.165, 1.54) is 11.1 Å². The maximum absolute atomic E-state index is 12.2.